The molecule has 0 spiro atoms. The van der Waals surface area contributed by atoms with Gasteiger partial charge in [0.1, 0.15) is 41.1 Å². The van der Waals surface area contributed by atoms with Crippen molar-refractivity contribution in [3.63, 3.8) is 0 Å². The zero-order chi connectivity index (χ0) is 53.3. The first-order valence-corrected chi connectivity index (χ1v) is 26.3. The third kappa shape index (κ3) is 11.7. The molecule has 1 fully saturated rings. The standard InChI is InChI=1S/C57H69N6O10P/c1-11-56(7,8)54(66)61-34-40(46-20-15-16-21-48(46)61)30-32-59-51(64)47-35-62(55(67)60-52(47)65)53-39(6)50(73-74(71-33-17-31-58)63(37(2)3)38(4)5)49(72-53)36-70-57(41-18-13-12-14-19-41,42-22-26-44(68-9)27-23-42)43-24-28-45(69-10)29-25-43/h12-16,18-29,34-35,37-39,49-50,53H,11,17,30,32-33,36H2,1-10H3,(H,59,64)(H,60,65,67)/t39-,49+,50?,53+,74?/m0/s1. The minimum atomic E-state index is -1.84. The summed E-state index contributed by atoms with van der Waals surface area (Å²) in [4.78, 5) is 57.5. The van der Waals surface area contributed by atoms with Gasteiger partial charge in [0.05, 0.1) is 45.4 Å². The minimum absolute atomic E-state index is 0.0283. The Morgan fingerprint density at radius 1 is 0.865 bits per heavy atom. The summed E-state index contributed by atoms with van der Waals surface area (Å²) in [7, 11) is 1.38. The van der Waals surface area contributed by atoms with Gasteiger partial charge in [-0.25, -0.2) is 9.46 Å². The van der Waals surface area contributed by atoms with Crippen LogP contribution in [0.1, 0.15) is 112 Å². The zero-order valence-corrected chi connectivity index (χ0v) is 44.9. The predicted molar refractivity (Wildman–Crippen MR) is 285 cm³/mol. The summed E-state index contributed by atoms with van der Waals surface area (Å²) in [5, 5.41) is 13.3. The van der Waals surface area contributed by atoms with Crippen LogP contribution in [-0.4, -0.2) is 88.9 Å². The molecule has 2 aromatic heterocycles. The van der Waals surface area contributed by atoms with Gasteiger partial charge in [0.2, 0.25) is 5.91 Å². The van der Waals surface area contributed by atoms with Crippen LogP contribution in [0.4, 0.5) is 0 Å². The predicted octanol–water partition coefficient (Wildman–Crippen LogP) is 9.76. The second-order valence-electron chi connectivity index (χ2n) is 19.7. The van der Waals surface area contributed by atoms with E-state index in [-0.39, 0.29) is 49.7 Å². The van der Waals surface area contributed by atoms with Gasteiger partial charge in [0, 0.05) is 47.7 Å². The monoisotopic (exact) mass is 1030 g/mol. The van der Waals surface area contributed by atoms with E-state index in [2.05, 4.69) is 21.0 Å². The number of nitriles is 1. The van der Waals surface area contributed by atoms with Gasteiger partial charge in [-0.15, -0.1) is 0 Å². The molecule has 1 amide bonds. The van der Waals surface area contributed by atoms with E-state index in [1.807, 2.05) is 165 Å². The number of nitrogens with one attached hydrogen (secondary N) is 2. The Balaban J connectivity index is 1.25. The molecule has 392 valence electrons. The lowest BCUT2D eigenvalue weighted by atomic mass is 9.80. The van der Waals surface area contributed by atoms with Gasteiger partial charge in [-0.05, 0) is 93.1 Å². The van der Waals surface area contributed by atoms with Gasteiger partial charge >= 0.3 is 5.69 Å². The molecule has 3 heterocycles. The Kier molecular flexibility index (Phi) is 18.1. The molecule has 17 heteroatoms. The first-order chi connectivity index (χ1) is 35.5. The molecular weight excluding hydrogens is 960 g/mol. The molecule has 2 N–H and O–H groups in total. The highest BCUT2D eigenvalue weighted by Gasteiger charge is 2.49. The molecule has 0 radical (unpaired) electrons. The molecule has 2 unspecified atom stereocenters. The SMILES string of the molecule is CCC(C)(C)C(=O)n1cc(CCNC(=O)c2cn([C@@H]3O[C@H](COC(c4ccccc4)(c4ccc(OC)cc4)c4ccc(OC)cc4)C(OP(OCCC#N)N(C(C)C)C(C)C)[C@@H]3C)c(=O)[nH]c2=O)c2ccccc21. The number of carbonyl (C=O) groups is 2. The van der Waals surface area contributed by atoms with Crippen LogP contribution in [0.5, 0.6) is 11.5 Å². The number of carbonyl (C=O) groups excluding carboxylic acids is 2. The van der Waals surface area contributed by atoms with Gasteiger partial charge in [-0.3, -0.25) is 28.5 Å². The molecule has 1 saturated heterocycles. The number of methoxy groups -OCH3 is 2. The lowest BCUT2D eigenvalue weighted by molar-refractivity contribution is -0.0931. The van der Waals surface area contributed by atoms with Crippen molar-refractivity contribution < 1.29 is 37.6 Å². The highest BCUT2D eigenvalue weighted by Crippen LogP contribution is 2.52. The number of amides is 1. The van der Waals surface area contributed by atoms with Crippen molar-refractivity contribution in [1.29, 1.82) is 5.26 Å². The number of hydrogen-bond acceptors (Lipinski definition) is 12. The van der Waals surface area contributed by atoms with Crippen molar-refractivity contribution in [2.24, 2.45) is 11.3 Å². The van der Waals surface area contributed by atoms with Crippen molar-refractivity contribution in [3.05, 3.63) is 164 Å². The van der Waals surface area contributed by atoms with Gasteiger partial charge in [-0.2, -0.15) is 5.26 Å². The number of benzene rings is 4. The Morgan fingerprint density at radius 3 is 2.04 bits per heavy atom. The number of rotatable bonds is 23. The van der Waals surface area contributed by atoms with Crippen LogP contribution in [0.3, 0.4) is 0 Å². The molecule has 0 aliphatic carbocycles. The van der Waals surface area contributed by atoms with E-state index in [0.29, 0.717) is 24.3 Å². The Bertz CT molecular complexity index is 2960. The molecule has 1 aliphatic rings. The third-order valence-corrected chi connectivity index (χ3v) is 15.9. The van der Waals surface area contributed by atoms with Crippen molar-refractivity contribution in [1.82, 2.24) is 24.1 Å². The fraction of sp³-hybridized carbons (Fsp3) is 0.421. The Hall–Kier alpha value is -6.44. The maximum absolute atomic E-state index is 14.0. The number of hydrogen-bond donors (Lipinski definition) is 2. The number of aromatic nitrogens is 3. The highest BCUT2D eigenvalue weighted by atomic mass is 31.2. The molecule has 5 atom stereocenters. The molecule has 16 nitrogen and oxygen atoms in total. The summed E-state index contributed by atoms with van der Waals surface area (Å²) < 4.78 is 44.0. The van der Waals surface area contributed by atoms with Crippen molar-refractivity contribution in [2.45, 2.75) is 111 Å². The van der Waals surface area contributed by atoms with Gasteiger partial charge in [0.15, 0.2) is 0 Å². The van der Waals surface area contributed by atoms with E-state index in [9.17, 15) is 24.4 Å². The number of fused-ring (bicyclic) bond motifs is 1. The molecule has 0 saturated carbocycles. The second kappa shape index (κ2) is 24.3. The first-order valence-electron chi connectivity index (χ1n) is 25.2. The van der Waals surface area contributed by atoms with Crippen molar-refractivity contribution in [2.75, 3.05) is 34.0 Å². The fourth-order valence-corrected chi connectivity index (χ4v) is 11.4. The number of nitrogens with zero attached hydrogens (tertiary/aromatic N) is 4. The molecular formula is C57H69N6O10P. The van der Waals surface area contributed by atoms with E-state index in [4.69, 9.17) is 28.0 Å². The van der Waals surface area contributed by atoms with Crippen molar-refractivity contribution in [3.8, 4) is 17.6 Å². The molecule has 74 heavy (non-hydrogen) atoms. The largest absolute Gasteiger partial charge is 0.497 e. The summed E-state index contributed by atoms with van der Waals surface area (Å²) in [6, 6.07) is 34.9. The van der Waals surface area contributed by atoms with Crippen LogP contribution in [0, 0.1) is 22.7 Å². The lowest BCUT2D eigenvalue weighted by Crippen LogP contribution is -2.41. The second-order valence-corrected chi connectivity index (χ2v) is 21.1. The van der Waals surface area contributed by atoms with Crippen LogP contribution >= 0.6 is 8.53 Å². The summed E-state index contributed by atoms with van der Waals surface area (Å²) >= 11 is 0. The minimum Gasteiger partial charge on any atom is -0.497 e. The summed E-state index contributed by atoms with van der Waals surface area (Å²) in [5.74, 6) is -0.0238. The molecule has 7 rings (SSSR count). The normalized spacial score (nSPS) is 17.5. The molecule has 1 aliphatic heterocycles. The van der Waals surface area contributed by atoms with E-state index < -0.39 is 61.1 Å². The van der Waals surface area contributed by atoms with E-state index in [1.54, 1.807) is 18.8 Å². The molecule has 0 bridgehead atoms. The third-order valence-electron chi connectivity index (χ3n) is 13.8. The topological polar surface area (TPSA) is 188 Å². The number of para-hydroxylation sites is 1. The maximum atomic E-state index is 14.0. The summed E-state index contributed by atoms with van der Waals surface area (Å²) in [5.41, 5.74) is 0.232. The van der Waals surface area contributed by atoms with Gasteiger partial charge in [0.25, 0.3) is 20.0 Å². The van der Waals surface area contributed by atoms with Gasteiger partial charge < -0.3 is 33.3 Å². The highest BCUT2D eigenvalue weighted by molar-refractivity contribution is 7.44. The van der Waals surface area contributed by atoms with Crippen LogP contribution in [0.2, 0.25) is 0 Å². The van der Waals surface area contributed by atoms with Crippen LogP contribution in [-0.2, 0) is 30.5 Å². The number of aromatic amines is 1. The van der Waals surface area contributed by atoms with Gasteiger partial charge in [-0.1, -0.05) is 100 Å². The fourth-order valence-electron chi connectivity index (χ4n) is 9.51. The zero-order valence-electron chi connectivity index (χ0n) is 44.0. The van der Waals surface area contributed by atoms with E-state index in [0.717, 1.165) is 33.2 Å². The van der Waals surface area contributed by atoms with E-state index in [1.165, 1.54) is 10.8 Å². The Morgan fingerprint density at radius 2 is 1.46 bits per heavy atom. The maximum Gasteiger partial charge on any atom is 0.330 e. The summed E-state index contributed by atoms with van der Waals surface area (Å²) in [6.07, 6.45) is 1.46. The van der Waals surface area contributed by atoms with Crippen LogP contribution in [0.25, 0.3) is 10.9 Å². The van der Waals surface area contributed by atoms with E-state index >= 15 is 0 Å². The summed E-state index contributed by atoms with van der Waals surface area (Å²) in [6.45, 7) is 16.0. The van der Waals surface area contributed by atoms with Crippen molar-refractivity contribution >= 4 is 31.2 Å². The average Bonchev–Trinajstić information content (AvgIpc) is 3.92. The average molecular weight is 1030 g/mol. The number of ether oxygens (including phenoxy) is 4. The lowest BCUT2D eigenvalue weighted by Gasteiger charge is -2.39. The molecule has 4 aromatic carbocycles. The van der Waals surface area contributed by atoms with Crippen LogP contribution < -0.4 is 26.0 Å². The smallest absolute Gasteiger partial charge is 0.330 e. The first kappa shape index (κ1) is 55.3. The Labute approximate surface area is 434 Å². The quantitative estimate of drug-likeness (QED) is 0.0352. The molecule has 6 aromatic rings. The van der Waals surface area contributed by atoms with Crippen LogP contribution in [0.15, 0.2) is 125 Å². The number of H-pyrrole nitrogens is 1.